The van der Waals surface area contributed by atoms with Crippen LogP contribution in [0.1, 0.15) is 46.6 Å². The first kappa shape index (κ1) is 17.4. The van der Waals surface area contributed by atoms with Gasteiger partial charge < -0.3 is 14.4 Å². The SMILES string of the molecule is CCOc1cccc2c1N(CCCl)C(C)(C)CC2(C)OCC. The Hall–Kier alpha value is -0.930. The van der Waals surface area contributed by atoms with Gasteiger partial charge in [0.15, 0.2) is 0 Å². The van der Waals surface area contributed by atoms with Gasteiger partial charge in [0.05, 0.1) is 17.9 Å². The number of alkyl halides is 1. The van der Waals surface area contributed by atoms with E-state index in [0.717, 1.165) is 24.4 Å². The highest BCUT2D eigenvalue weighted by molar-refractivity contribution is 6.18. The number of hydrogen-bond acceptors (Lipinski definition) is 3. The average Bonchev–Trinajstić information content (AvgIpc) is 2.44. The Bertz CT molecular complexity index is 518. The molecule has 0 bridgehead atoms. The minimum atomic E-state index is -0.302. The maximum absolute atomic E-state index is 6.18. The summed E-state index contributed by atoms with van der Waals surface area (Å²) >= 11 is 6.08. The Morgan fingerprint density at radius 2 is 1.91 bits per heavy atom. The number of benzene rings is 1. The van der Waals surface area contributed by atoms with Crippen molar-refractivity contribution in [2.45, 2.75) is 52.2 Å². The van der Waals surface area contributed by atoms with Crippen LogP contribution in [0, 0.1) is 0 Å². The van der Waals surface area contributed by atoms with Gasteiger partial charge in [-0.15, -0.1) is 11.6 Å². The molecular weight excluding hydrogens is 298 g/mol. The molecule has 124 valence electrons. The summed E-state index contributed by atoms with van der Waals surface area (Å²) < 4.78 is 12.1. The standard InChI is InChI=1S/C18H28ClNO2/c1-6-21-15-10-8-9-14-16(15)20(12-11-19)17(3,4)13-18(14,5)22-7-2/h8-10H,6-7,11-13H2,1-5H3. The lowest BCUT2D eigenvalue weighted by atomic mass is 9.76. The summed E-state index contributed by atoms with van der Waals surface area (Å²) in [6.07, 6.45) is 0.924. The predicted molar refractivity (Wildman–Crippen MR) is 93.4 cm³/mol. The van der Waals surface area contributed by atoms with E-state index in [9.17, 15) is 0 Å². The lowest BCUT2D eigenvalue weighted by Gasteiger charge is -2.52. The van der Waals surface area contributed by atoms with Crippen molar-refractivity contribution in [2.24, 2.45) is 0 Å². The average molecular weight is 326 g/mol. The van der Waals surface area contributed by atoms with Crippen molar-refractivity contribution in [3.63, 3.8) is 0 Å². The molecule has 0 saturated heterocycles. The van der Waals surface area contributed by atoms with Crippen molar-refractivity contribution in [2.75, 3.05) is 30.5 Å². The number of halogens is 1. The molecule has 0 N–H and O–H groups in total. The molecule has 22 heavy (non-hydrogen) atoms. The second-order valence-corrected chi connectivity index (χ2v) is 6.96. The summed E-state index contributed by atoms with van der Waals surface area (Å²) in [5.41, 5.74) is 1.99. The Balaban J connectivity index is 2.63. The van der Waals surface area contributed by atoms with Gasteiger partial charge in [0.1, 0.15) is 5.75 Å². The third-order valence-electron chi connectivity index (χ3n) is 4.41. The molecule has 0 aromatic heterocycles. The normalized spacial score (nSPS) is 23.3. The fourth-order valence-corrected chi connectivity index (χ4v) is 3.93. The van der Waals surface area contributed by atoms with Crippen molar-refractivity contribution in [1.82, 2.24) is 0 Å². The summed E-state index contributed by atoms with van der Waals surface area (Å²) in [5, 5.41) is 0. The monoisotopic (exact) mass is 325 g/mol. The van der Waals surface area contributed by atoms with Gasteiger partial charge in [-0.3, -0.25) is 0 Å². The number of ether oxygens (including phenoxy) is 2. The Morgan fingerprint density at radius 1 is 1.18 bits per heavy atom. The molecule has 0 aliphatic carbocycles. The molecular formula is C18H28ClNO2. The molecule has 0 saturated carbocycles. The molecule has 1 aliphatic rings. The highest BCUT2D eigenvalue weighted by Gasteiger charge is 2.46. The highest BCUT2D eigenvalue weighted by atomic mass is 35.5. The lowest BCUT2D eigenvalue weighted by Crippen LogP contribution is -2.54. The van der Waals surface area contributed by atoms with E-state index in [1.165, 1.54) is 5.56 Å². The number of fused-ring (bicyclic) bond motifs is 1. The number of nitrogens with zero attached hydrogens (tertiary/aromatic N) is 1. The molecule has 3 nitrogen and oxygen atoms in total. The molecule has 2 rings (SSSR count). The molecule has 0 spiro atoms. The van der Waals surface area contributed by atoms with Gasteiger partial charge >= 0.3 is 0 Å². The fraction of sp³-hybridized carbons (Fsp3) is 0.667. The fourth-order valence-electron chi connectivity index (χ4n) is 3.76. The zero-order valence-electron chi connectivity index (χ0n) is 14.4. The van der Waals surface area contributed by atoms with Crippen LogP contribution in [0.2, 0.25) is 0 Å². The van der Waals surface area contributed by atoms with E-state index >= 15 is 0 Å². The van der Waals surface area contributed by atoms with Crippen LogP contribution in [-0.2, 0) is 10.3 Å². The molecule has 0 amide bonds. The first-order chi connectivity index (χ1) is 10.4. The second-order valence-electron chi connectivity index (χ2n) is 6.58. The summed E-state index contributed by atoms with van der Waals surface area (Å²) in [6.45, 7) is 12.9. The minimum Gasteiger partial charge on any atom is -0.492 e. The predicted octanol–water partition coefficient (Wildman–Crippen LogP) is 4.56. The van der Waals surface area contributed by atoms with Crippen LogP contribution in [0.5, 0.6) is 5.75 Å². The minimum absolute atomic E-state index is 0.0426. The van der Waals surface area contributed by atoms with Gasteiger partial charge in [-0.25, -0.2) is 0 Å². The van der Waals surface area contributed by atoms with Gasteiger partial charge in [-0.2, -0.15) is 0 Å². The van der Waals surface area contributed by atoms with Gasteiger partial charge in [0.2, 0.25) is 0 Å². The van der Waals surface area contributed by atoms with E-state index in [2.05, 4.69) is 44.7 Å². The van der Waals surface area contributed by atoms with Crippen LogP contribution < -0.4 is 9.64 Å². The van der Waals surface area contributed by atoms with E-state index < -0.39 is 0 Å². The Morgan fingerprint density at radius 3 is 2.50 bits per heavy atom. The van der Waals surface area contributed by atoms with Gasteiger partial charge in [0.25, 0.3) is 0 Å². The summed E-state index contributed by atoms with van der Waals surface area (Å²) in [7, 11) is 0. The topological polar surface area (TPSA) is 21.7 Å². The van der Waals surface area contributed by atoms with Crippen LogP contribution in [0.4, 0.5) is 5.69 Å². The third kappa shape index (κ3) is 3.07. The van der Waals surface area contributed by atoms with Crippen molar-refractivity contribution in [1.29, 1.82) is 0 Å². The van der Waals surface area contributed by atoms with Gasteiger partial charge in [-0.05, 0) is 40.7 Å². The number of anilines is 1. The molecule has 1 heterocycles. The molecule has 4 heteroatoms. The number of hydrogen-bond donors (Lipinski definition) is 0. The molecule has 1 aromatic rings. The number of rotatable bonds is 6. The van der Waals surface area contributed by atoms with E-state index in [0.29, 0.717) is 19.1 Å². The van der Waals surface area contributed by atoms with Crippen LogP contribution in [0.25, 0.3) is 0 Å². The molecule has 1 atom stereocenters. The third-order valence-corrected chi connectivity index (χ3v) is 4.58. The molecule has 1 unspecified atom stereocenters. The molecule has 1 aromatic carbocycles. The second kappa shape index (κ2) is 6.67. The summed E-state index contributed by atoms with van der Waals surface area (Å²) in [6, 6.07) is 6.25. The van der Waals surface area contributed by atoms with Gasteiger partial charge in [-0.1, -0.05) is 12.1 Å². The lowest BCUT2D eigenvalue weighted by molar-refractivity contribution is -0.0532. The van der Waals surface area contributed by atoms with Crippen molar-refractivity contribution in [3.8, 4) is 5.75 Å². The van der Waals surface area contributed by atoms with E-state index in [1.807, 2.05) is 13.0 Å². The van der Waals surface area contributed by atoms with Crippen molar-refractivity contribution in [3.05, 3.63) is 23.8 Å². The molecule has 0 fully saturated rings. The Labute approximate surface area is 139 Å². The first-order valence-corrected chi connectivity index (χ1v) is 8.67. The van der Waals surface area contributed by atoms with Crippen LogP contribution >= 0.6 is 11.6 Å². The summed E-state index contributed by atoms with van der Waals surface area (Å²) in [4.78, 5) is 2.38. The highest BCUT2D eigenvalue weighted by Crippen LogP contribution is 2.51. The zero-order chi connectivity index (χ0) is 16.4. The van der Waals surface area contributed by atoms with Crippen molar-refractivity contribution < 1.29 is 9.47 Å². The van der Waals surface area contributed by atoms with Crippen LogP contribution in [0.15, 0.2) is 18.2 Å². The largest absolute Gasteiger partial charge is 0.492 e. The van der Waals surface area contributed by atoms with E-state index in [-0.39, 0.29) is 11.1 Å². The van der Waals surface area contributed by atoms with Crippen LogP contribution in [0.3, 0.4) is 0 Å². The Kier molecular flexibility index (Phi) is 5.29. The van der Waals surface area contributed by atoms with Gasteiger partial charge in [0, 0.05) is 36.6 Å². The van der Waals surface area contributed by atoms with E-state index in [1.54, 1.807) is 0 Å². The molecule has 0 radical (unpaired) electrons. The zero-order valence-corrected chi connectivity index (χ0v) is 15.2. The summed E-state index contributed by atoms with van der Waals surface area (Å²) in [5.74, 6) is 1.51. The first-order valence-electron chi connectivity index (χ1n) is 8.13. The maximum Gasteiger partial charge on any atom is 0.142 e. The molecule has 1 aliphatic heterocycles. The van der Waals surface area contributed by atoms with Crippen molar-refractivity contribution >= 4 is 17.3 Å². The van der Waals surface area contributed by atoms with Crippen LogP contribution in [-0.4, -0.2) is 31.2 Å². The number of para-hydroxylation sites is 1. The maximum atomic E-state index is 6.18. The quantitative estimate of drug-likeness (QED) is 0.715. The van der Waals surface area contributed by atoms with E-state index in [4.69, 9.17) is 21.1 Å². The smallest absolute Gasteiger partial charge is 0.142 e.